The number of ether oxygens (including phenoxy) is 4. The maximum absolute atomic E-state index is 15.3. The molecule has 2 aromatic carbocycles. The monoisotopic (exact) mass is 808 g/mol. The molecule has 5 aromatic rings. The number of hydrogen-bond donors (Lipinski definition) is 1. The van der Waals surface area contributed by atoms with Crippen LogP contribution in [0.5, 0.6) is 5.88 Å². The van der Waals surface area contributed by atoms with Crippen molar-refractivity contribution in [2.24, 2.45) is 7.05 Å². The minimum atomic E-state index is -0.989. The molecule has 9 rings (SSSR count). The predicted molar refractivity (Wildman–Crippen MR) is 210 cm³/mol. The number of imide groups is 2. The third kappa shape index (κ3) is 7.40. The molecule has 1 saturated carbocycles. The Morgan fingerprint density at radius 2 is 1.56 bits per heavy atom. The van der Waals surface area contributed by atoms with E-state index in [1.54, 1.807) is 54.9 Å². The Morgan fingerprint density at radius 1 is 0.797 bits per heavy atom. The number of carbonyl (C=O) groups is 4. The van der Waals surface area contributed by atoms with Gasteiger partial charge in [0.1, 0.15) is 12.1 Å². The topological polar surface area (TPSA) is 154 Å². The lowest BCUT2D eigenvalue weighted by Crippen LogP contribution is -2.54. The first-order valence-electron chi connectivity index (χ1n) is 19.9. The molecular weight excluding hydrogens is 767 g/mol. The van der Waals surface area contributed by atoms with Crippen LogP contribution in [0, 0.1) is 11.6 Å². The zero-order chi connectivity index (χ0) is 40.8. The molecule has 1 N–H and O–H groups in total. The number of halogens is 2. The molecule has 14 nitrogen and oxygen atoms in total. The Balaban J connectivity index is 0.630. The summed E-state index contributed by atoms with van der Waals surface area (Å²) in [4.78, 5) is 61.4. The Hall–Kier alpha value is -5.84. The molecular formula is C43H42F2N6O8. The van der Waals surface area contributed by atoms with Crippen LogP contribution >= 0.6 is 0 Å². The van der Waals surface area contributed by atoms with E-state index in [0.29, 0.717) is 61.9 Å². The first-order valence-corrected chi connectivity index (χ1v) is 19.9. The molecule has 1 aliphatic carbocycles. The van der Waals surface area contributed by atoms with E-state index in [0.717, 1.165) is 41.8 Å². The number of nitrogens with one attached hydrogen (secondary N) is 1. The van der Waals surface area contributed by atoms with E-state index in [-0.39, 0.29) is 53.2 Å². The highest BCUT2D eigenvalue weighted by Gasteiger charge is 2.45. The van der Waals surface area contributed by atoms with Gasteiger partial charge in [-0.2, -0.15) is 0 Å². The first-order chi connectivity index (χ1) is 28.6. The van der Waals surface area contributed by atoms with Crippen LogP contribution in [0.4, 0.5) is 14.5 Å². The van der Waals surface area contributed by atoms with Gasteiger partial charge in [-0.15, -0.1) is 0 Å². The average molecular weight is 809 g/mol. The molecule has 6 heterocycles. The summed E-state index contributed by atoms with van der Waals surface area (Å²) in [5.41, 5.74) is 3.24. The van der Waals surface area contributed by atoms with Crippen LogP contribution in [-0.4, -0.2) is 107 Å². The van der Waals surface area contributed by atoms with Gasteiger partial charge in [0.2, 0.25) is 17.7 Å². The van der Waals surface area contributed by atoms with Crippen LogP contribution in [-0.2, 0) is 30.8 Å². The summed E-state index contributed by atoms with van der Waals surface area (Å²) in [6, 6.07) is 10.9. The van der Waals surface area contributed by atoms with Gasteiger partial charge in [0.15, 0.2) is 11.6 Å². The van der Waals surface area contributed by atoms with Crippen molar-refractivity contribution in [1.29, 1.82) is 0 Å². The minimum Gasteiger partial charge on any atom is -0.474 e. The van der Waals surface area contributed by atoms with E-state index >= 15 is 8.78 Å². The number of piperidine rings is 1. The van der Waals surface area contributed by atoms with Gasteiger partial charge in [0.05, 0.1) is 34.4 Å². The smallest absolute Gasteiger partial charge is 0.262 e. The standard InChI is InChI=1S/C43H42F2N6O8/c1-49-33-10-11-46-21-32(33)38-35(49)19-30(39(44)40(38)45)24-4-9-37(47-20-24)59-27-17-26(18-27)57-14-2-12-56-13-3-15-58-28-22-50(23-28)25-5-6-29-31(16-25)43(55)51(42(29)54)34-7-8-36(52)48-41(34)53/h4-6,9-11,16,19-21,26-28,34H,2-3,7-8,12-15,17-18,22-23H2,1H3,(H,48,52,53). The van der Waals surface area contributed by atoms with Gasteiger partial charge in [-0.05, 0) is 55.7 Å². The molecule has 16 heteroatoms. The summed E-state index contributed by atoms with van der Waals surface area (Å²) in [6.45, 7) is 3.59. The number of aryl methyl sites for hydroxylation is 1. The van der Waals surface area contributed by atoms with Gasteiger partial charge in [0.25, 0.3) is 11.8 Å². The summed E-state index contributed by atoms with van der Waals surface area (Å²) in [5, 5.41) is 2.98. The second-order valence-electron chi connectivity index (χ2n) is 15.4. The quantitative estimate of drug-likeness (QED) is 0.111. The molecule has 4 amide bonds. The Bertz CT molecular complexity index is 2460. The fourth-order valence-electron chi connectivity index (χ4n) is 8.21. The number of hydrogen-bond acceptors (Lipinski definition) is 11. The Morgan fingerprint density at radius 3 is 2.31 bits per heavy atom. The van der Waals surface area contributed by atoms with Crippen molar-refractivity contribution in [3.63, 3.8) is 0 Å². The van der Waals surface area contributed by atoms with Gasteiger partial charge in [-0.3, -0.25) is 34.4 Å². The minimum absolute atomic E-state index is 0.0339. The summed E-state index contributed by atoms with van der Waals surface area (Å²) in [6.07, 6.45) is 7.97. The van der Waals surface area contributed by atoms with Gasteiger partial charge in [-0.1, -0.05) is 0 Å². The van der Waals surface area contributed by atoms with Crippen molar-refractivity contribution in [3.8, 4) is 17.0 Å². The highest BCUT2D eigenvalue weighted by Crippen LogP contribution is 2.37. The van der Waals surface area contributed by atoms with Crippen molar-refractivity contribution in [2.45, 2.75) is 62.9 Å². The number of rotatable bonds is 15. The largest absolute Gasteiger partial charge is 0.474 e. The number of pyridine rings is 2. The molecule has 2 saturated heterocycles. The van der Waals surface area contributed by atoms with Crippen LogP contribution in [0.3, 0.4) is 0 Å². The molecule has 0 bridgehead atoms. The van der Waals surface area contributed by atoms with E-state index in [9.17, 15) is 19.2 Å². The molecule has 1 atom stereocenters. The number of aromatic nitrogens is 3. The summed E-state index contributed by atoms with van der Waals surface area (Å²) in [5.74, 6) is -3.50. The van der Waals surface area contributed by atoms with Crippen LogP contribution in [0.2, 0.25) is 0 Å². The average Bonchev–Trinajstić information content (AvgIpc) is 3.63. The van der Waals surface area contributed by atoms with E-state index in [1.165, 1.54) is 6.20 Å². The molecule has 306 valence electrons. The molecule has 1 unspecified atom stereocenters. The molecule has 0 radical (unpaired) electrons. The van der Waals surface area contributed by atoms with Crippen LogP contribution in [0.15, 0.2) is 61.1 Å². The summed E-state index contributed by atoms with van der Waals surface area (Å²) >= 11 is 0. The molecule has 0 spiro atoms. The third-order valence-corrected chi connectivity index (χ3v) is 11.6. The molecule has 3 fully saturated rings. The lowest BCUT2D eigenvalue weighted by molar-refractivity contribution is -0.136. The summed E-state index contributed by atoms with van der Waals surface area (Å²) in [7, 11) is 1.82. The van der Waals surface area contributed by atoms with E-state index in [1.807, 2.05) is 11.6 Å². The van der Waals surface area contributed by atoms with Gasteiger partial charge in [-0.25, -0.2) is 13.8 Å². The molecule has 4 aliphatic rings. The van der Waals surface area contributed by atoms with E-state index in [2.05, 4.69) is 20.2 Å². The fraction of sp³-hybridized carbons (Fsp3) is 0.395. The van der Waals surface area contributed by atoms with Crippen LogP contribution in [0.1, 0.15) is 59.2 Å². The maximum Gasteiger partial charge on any atom is 0.262 e. The van der Waals surface area contributed by atoms with E-state index < -0.39 is 41.3 Å². The third-order valence-electron chi connectivity index (χ3n) is 11.6. The Labute approximate surface area is 337 Å². The molecule has 3 aromatic heterocycles. The number of nitrogens with zero attached hydrogens (tertiary/aromatic N) is 5. The Kier molecular flexibility index (Phi) is 10.5. The van der Waals surface area contributed by atoms with Crippen molar-refractivity contribution >= 4 is 51.1 Å². The highest BCUT2D eigenvalue weighted by molar-refractivity contribution is 6.23. The maximum atomic E-state index is 15.3. The number of fused-ring (bicyclic) bond motifs is 4. The zero-order valence-corrected chi connectivity index (χ0v) is 32.3. The van der Waals surface area contributed by atoms with Crippen molar-refractivity contribution < 1.29 is 46.9 Å². The fourth-order valence-corrected chi connectivity index (χ4v) is 8.21. The normalized spacial score (nSPS) is 20.6. The van der Waals surface area contributed by atoms with Gasteiger partial charge >= 0.3 is 0 Å². The second-order valence-corrected chi connectivity index (χ2v) is 15.4. The van der Waals surface area contributed by atoms with Crippen LogP contribution in [0.25, 0.3) is 32.9 Å². The van der Waals surface area contributed by atoms with Crippen molar-refractivity contribution in [1.82, 2.24) is 24.8 Å². The second kappa shape index (κ2) is 16.1. The number of benzene rings is 2. The van der Waals surface area contributed by atoms with Gasteiger partial charge < -0.3 is 28.4 Å². The van der Waals surface area contributed by atoms with Crippen molar-refractivity contribution in [3.05, 3.63) is 83.8 Å². The SMILES string of the molecule is Cn1c2ccncc2c2c(F)c(F)c(-c3ccc(OC4CC(OCCCOCCCOC5CN(c6ccc7c(c6)C(=O)N(C6CCC(=O)NC6=O)C7=O)C5)C4)nc3)cc21. The first kappa shape index (κ1) is 38.7. The molecule has 59 heavy (non-hydrogen) atoms. The number of amides is 4. The van der Waals surface area contributed by atoms with Crippen LogP contribution < -0.4 is 15.0 Å². The van der Waals surface area contributed by atoms with Gasteiger partial charge in [0, 0.05) is 118 Å². The number of anilines is 1. The predicted octanol–water partition coefficient (Wildman–Crippen LogP) is 5.10. The summed E-state index contributed by atoms with van der Waals surface area (Å²) < 4.78 is 56.1. The lowest BCUT2D eigenvalue weighted by Gasteiger charge is -2.40. The molecule has 3 aliphatic heterocycles. The lowest BCUT2D eigenvalue weighted by atomic mass is 9.92. The highest BCUT2D eigenvalue weighted by atomic mass is 19.2. The number of carbonyl (C=O) groups excluding carboxylic acids is 4. The zero-order valence-electron chi connectivity index (χ0n) is 32.3. The van der Waals surface area contributed by atoms with Crippen molar-refractivity contribution in [2.75, 3.05) is 44.4 Å². The van der Waals surface area contributed by atoms with E-state index in [4.69, 9.17) is 18.9 Å².